The van der Waals surface area contributed by atoms with Gasteiger partial charge in [0, 0.05) is 42.9 Å². The maximum Gasteiger partial charge on any atom is 0.129 e. The van der Waals surface area contributed by atoms with Gasteiger partial charge in [0.15, 0.2) is 0 Å². The molecule has 3 rings (SSSR count). The van der Waals surface area contributed by atoms with Gasteiger partial charge in [0.05, 0.1) is 12.8 Å². The predicted octanol–water partition coefficient (Wildman–Crippen LogP) is 2.26. The van der Waals surface area contributed by atoms with Crippen LogP contribution in [0.25, 0.3) is 0 Å². The molecule has 0 amide bonds. The van der Waals surface area contributed by atoms with Crippen LogP contribution in [0.5, 0.6) is 11.5 Å². The van der Waals surface area contributed by atoms with Crippen molar-refractivity contribution in [3.05, 3.63) is 41.2 Å². The minimum atomic E-state index is -0.0571. The third-order valence-corrected chi connectivity index (χ3v) is 3.76. The Morgan fingerprint density at radius 2 is 2.20 bits per heavy atom. The highest BCUT2D eigenvalue weighted by Crippen LogP contribution is 2.41. The summed E-state index contributed by atoms with van der Waals surface area (Å²) in [5, 5.41) is 4.37. The minimum Gasteiger partial charge on any atom is -0.497 e. The molecule has 0 aliphatic carbocycles. The van der Waals surface area contributed by atoms with Gasteiger partial charge in [0.1, 0.15) is 17.6 Å². The molecule has 0 fully saturated rings. The molecule has 2 heterocycles. The van der Waals surface area contributed by atoms with Crippen molar-refractivity contribution in [3.63, 3.8) is 0 Å². The van der Waals surface area contributed by atoms with Gasteiger partial charge in [0.2, 0.25) is 0 Å². The Balaban J connectivity index is 1.96. The van der Waals surface area contributed by atoms with Crippen LogP contribution in [0.15, 0.2) is 24.4 Å². The highest BCUT2D eigenvalue weighted by molar-refractivity contribution is 5.44. The van der Waals surface area contributed by atoms with Crippen molar-refractivity contribution in [2.75, 3.05) is 7.11 Å². The number of ether oxygens (including phenoxy) is 2. The van der Waals surface area contributed by atoms with E-state index < -0.39 is 0 Å². The largest absolute Gasteiger partial charge is 0.497 e. The van der Waals surface area contributed by atoms with Crippen LogP contribution in [-0.4, -0.2) is 16.9 Å². The van der Waals surface area contributed by atoms with Crippen molar-refractivity contribution in [1.29, 1.82) is 0 Å². The number of nitrogens with zero attached hydrogens (tertiary/aromatic N) is 2. The Morgan fingerprint density at radius 1 is 1.40 bits per heavy atom. The van der Waals surface area contributed by atoms with E-state index in [1.165, 1.54) is 0 Å². The first kappa shape index (κ1) is 13.0. The van der Waals surface area contributed by atoms with Crippen LogP contribution in [0.4, 0.5) is 0 Å². The van der Waals surface area contributed by atoms with Gasteiger partial charge in [-0.3, -0.25) is 4.68 Å². The Kier molecular flexibility index (Phi) is 3.14. The second-order valence-electron chi connectivity index (χ2n) is 5.20. The molecular formula is C15H19N3O2. The molecule has 1 aliphatic heterocycles. The van der Waals surface area contributed by atoms with E-state index in [2.05, 4.69) is 5.10 Å². The Hall–Kier alpha value is -2.01. The predicted molar refractivity (Wildman–Crippen MR) is 75.9 cm³/mol. The first-order valence-corrected chi connectivity index (χ1v) is 6.69. The molecule has 2 aromatic rings. The fourth-order valence-electron chi connectivity index (χ4n) is 2.73. The summed E-state index contributed by atoms with van der Waals surface area (Å²) in [4.78, 5) is 0. The van der Waals surface area contributed by atoms with Gasteiger partial charge in [-0.25, -0.2) is 0 Å². The van der Waals surface area contributed by atoms with E-state index in [0.717, 1.165) is 34.7 Å². The van der Waals surface area contributed by atoms with E-state index in [1.54, 1.807) is 11.8 Å². The summed E-state index contributed by atoms with van der Waals surface area (Å²) >= 11 is 0. The number of benzene rings is 1. The van der Waals surface area contributed by atoms with E-state index in [0.29, 0.717) is 0 Å². The SMILES string of the molecule is COc1ccc2c(c1)OC(c1cn(C)nc1C)C[C@@H]2N. The van der Waals surface area contributed by atoms with Crippen LogP contribution in [0.1, 0.15) is 35.4 Å². The number of aromatic nitrogens is 2. The number of fused-ring (bicyclic) bond motifs is 1. The average Bonchev–Trinajstić information content (AvgIpc) is 2.77. The zero-order chi connectivity index (χ0) is 14.3. The van der Waals surface area contributed by atoms with Crippen LogP contribution >= 0.6 is 0 Å². The van der Waals surface area contributed by atoms with Gasteiger partial charge in [-0.2, -0.15) is 5.10 Å². The molecule has 0 saturated carbocycles. The summed E-state index contributed by atoms with van der Waals surface area (Å²) in [7, 11) is 3.56. The minimum absolute atomic E-state index is 0.0331. The summed E-state index contributed by atoms with van der Waals surface area (Å²) in [6.45, 7) is 1.99. The standard InChI is InChI=1S/C15H19N3O2/c1-9-12(8-18(2)17-9)15-7-13(16)11-5-4-10(19-3)6-14(11)20-15/h4-6,8,13,15H,7,16H2,1-3H3/t13-,15?/m0/s1. The Bertz CT molecular complexity index is 636. The zero-order valence-electron chi connectivity index (χ0n) is 12.0. The van der Waals surface area contributed by atoms with E-state index in [9.17, 15) is 0 Å². The Morgan fingerprint density at radius 3 is 2.85 bits per heavy atom. The number of hydrogen-bond donors (Lipinski definition) is 1. The van der Waals surface area contributed by atoms with Crippen LogP contribution < -0.4 is 15.2 Å². The topological polar surface area (TPSA) is 62.3 Å². The number of methoxy groups -OCH3 is 1. The van der Waals surface area contributed by atoms with Crippen molar-refractivity contribution in [1.82, 2.24) is 9.78 Å². The van der Waals surface area contributed by atoms with Crippen molar-refractivity contribution >= 4 is 0 Å². The quantitative estimate of drug-likeness (QED) is 0.911. The van der Waals surface area contributed by atoms with Crippen molar-refractivity contribution in [2.45, 2.75) is 25.5 Å². The summed E-state index contributed by atoms with van der Waals surface area (Å²) in [6.07, 6.45) is 2.70. The maximum atomic E-state index is 6.27. The lowest BCUT2D eigenvalue weighted by Crippen LogP contribution is -2.24. The number of nitrogens with two attached hydrogens (primary N) is 1. The van der Waals surface area contributed by atoms with Crippen LogP contribution in [-0.2, 0) is 7.05 Å². The molecule has 0 saturated heterocycles. The highest BCUT2D eigenvalue weighted by atomic mass is 16.5. The van der Waals surface area contributed by atoms with E-state index in [-0.39, 0.29) is 12.1 Å². The van der Waals surface area contributed by atoms with Crippen LogP contribution in [0.2, 0.25) is 0 Å². The second-order valence-corrected chi connectivity index (χ2v) is 5.20. The molecule has 0 bridgehead atoms. The van der Waals surface area contributed by atoms with Crippen molar-refractivity contribution < 1.29 is 9.47 Å². The first-order valence-electron chi connectivity index (χ1n) is 6.69. The molecule has 0 spiro atoms. The van der Waals surface area contributed by atoms with Crippen LogP contribution in [0, 0.1) is 6.92 Å². The molecule has 2 N–H and O–H groups in total. The molecule has 5 nitrogen and oxygen atoms in total. The van der Waals surface area contributed by atoms with Gasteiger partial charge < -0.3 is 15.2 Å². The molecular weight excluding hydrogens is 254 g/mol. The van der Waals surface area contributed by atoms with E-state index >= 15 is 0 Å². The monoisotopic (exact) mass is 273 g/mol. The lowest BCUT2D eigenvalue weighted by Gasteiger charge is -2.30. The van der Waals surface area contributed by atoms with E-state index in [4.69, 9.17) is 15.2 Å². The van der Waals surface area contributed by atoms with E-state index in [1.807, 2.05) is 38.4 Å². The fraction of sp³-hybridized carbons (Fsp3) is 0.400. The molecule has 20 heavy (non-hydrogen) atoms. The molecule has 106 valence electrons. The lowest BCUT2D eigenvalue weighted by atomic mass is 9.94. The van der Waals surface area contributed by atoms with Crippen LogP contribution in [0.3, 0.4) is 0 Å². The molecule has 1 aromatic carbocycles. The summed E-state index contributed by atoms with van der Waals surface area (Å²) in [5.41, 5.74) is 9.38. The van der Waals surface area contributed by atoms with Gasteiger partial charge in [0.25, 0.3) is 0 Å². The van der Waals surface area contributed by atoms with Crippen molar-refractivity contribution in [2.24, 2.45) is 12.8 Å². The van der Waals surface area contributed by atoms with Gasteiger partial charge in [-0.05, 0) is 13.0 Å². The van der Waals surface area contributed by atoms with Crippen molar-refractivity contribution in [3.8, 4) is 11.5 Å². The zero-order valence-corrected chi connectivity index (χ0v) is 12.0. The Labute approximate surface area is 118 Å². The molecule has 1 aliphatic rings. The molecule has 1 aromatic heterocycles. The summed E-state index contributed by atoms with van der Waals surface area (Å²) in [5.74, 6) is 1.58. The normalized spacial score (nSPS) is 21.2. The second kappa shape index (κ2) is 4.83. The average molecular weight is 273 g/mol. The van der Waals surface area contributed by atoms with Gasteiger partial charge in [-0.15, -0.1) is 0 Å². The summed E-state index contributed by atoms with van der Waals surface area (Å²) < 4.78 is 13.2. The third-order valence-electron chi connectivity index (χ3n) is 3.76. The maximum absolute atomic E-state index is 6.27. The first-order chi connectivity index (χ1) is 9.58. The number of rotatable bonds is 2. The molecule has 2 atom stereocenters. The molecule has 0 radical (unpaired) electrons. The highest BCUT2D eigenvalue weighted by Gasteiger charge is 2.29. The third kappa shape index (κ3) is 2.14. The molecule has 5 heteroatoms. The number of aryl methyl sites for hydroxylation is 2. The molecule has 1 unspecified atom stereocenters. The fourth-order valence-corrected chi connectivity index (χ4v) is 2.73. The smallest absolute Gasteiger partial charge is 0.129 e. The number of hydrogen-bond acceptors (Lipinski definition) is 4. The summed E-state index contributed by atoms with van der Waals surface area (Å²) in [6, 6.07) is 5.75. The van der Waals surface area contributed by atoms with Gasteiger partial charge in [-0.1, -0.05) is 6.07 Å². The lowest BCUT2D eigenvalue weighted by molar-refractivity contribution is 0.160. The van der Waals surface area contributed by atoms with Gasteiger partial charge >= 0.3 is 0 Å².